The van der Waals surface area contributed by atoms with E-state index in [0.717, 1.165) is 49.5 Å². The van der Waals surface area contributed by atoms with E-state index in [4.69, 9.17) is 4.52 Å². The Labute approximate surface area is 148 Å². The minimum absolute atomic E-state index is 0.0990. The fraction of sp³-hybridized carbons (Fsp3) is 0.722. The molecule has 2 aliphatic heterocycles. The van der Waals surface area contributed by atoms with Crippen molar-refractivity contribution in [3.63, 3.8) is 0 Å². The molecule has 1 N–H and O–H groups in total. The Balaban J connectivity index is 1.75. The van der Waals surface area contributed by atoms with Crippen LogP contribution in [-0.2, 0) is 11.3 Å². The lowest BCUT2D eigenvalue weighted by Gasteiger charge is -2.40. The Kier molecular flexibility index (Phi) is 4.62. The van der Waals surface area contributed by atoms with Crippen LogP contribution in [0.2, 0.25) is 0 Å². The lowest BCUT2D eigenvalue weighted by Crippen LogP contribution is -2.56. The van der Waals surface area contributed by atoms with Crippen molar-refractivity contribution in [2.45, 2.75) is 65.6 Å². The van der Waals surface area contributed by atoms with E-state index in [2.05, 4.69) is 15.4 Å². The summed E-state index contributed by atoms with van der Waals surface area (Å²) in [5.41, 5.74) is 1.22. The summed E-state index contributed by atoms with van der Waals surface area (Å²) in [6.45, 7) is 12.0. The highest BCUT2D eigenvalue weighted by Crippen LogP contribution is 2.34. The average Bonchev–Trinajstić information content (AvgIpc) is 2.98. The summed E-state index contributed by atoms with van der Waals surface area (Å²) in [5, 5.41) is 6.99. The van der Waals surface area contributed by atoms with Crippen molar-refractivity contribution >= 4 is 11.9 Å². The van der Waals surface area contributed by atoms with Gasteiger partial charge in [-0.2, -0.15) is 0 Å². The van der Waals surface area contributed by atoms with Gasteiger partial charge in [0.15, 0.2) is 0 Å². The number of nitrogens with one attached hydrogen (secondary N) is 1. The van der Waals surface area contributed by atoms with Crippen LogP contribution >= 0.6 is 0 Å². The zero-order chi connectivity index (χ0) is 18.4. The quantitative estimate of drug-likeness (QED) is 0.844. The first-order chi connectivity index (χ1) is 11.7. The van der Waals surface area contributed by atoms with Crippen LogP contribution in [0, 0.1) is 19.8 Å². The van der Waals surface area contributed by atoms with Crippen molar-refractivity contribution in [3.8, 4) is 0 Å². The number of hydrogen-bond acceptors (Lipinski definition) is 5. The van der Waals surface area contributed by atoms with Gasteiger partial charge in [-0.25, -0.2) is 4.79 Å². The van der Waals surface area contributed by atoms with E-state index in [9.17, 15) is 9.59 Å². The molecule has 7 heteroatoms. The standard InChI is InChI=1S/C18H28N4O3/c1-11(2)22-16(23)18(5,19-17(22)24)14-7-6-8-21(9-14)10-15-12(3)20-25-13(15)4/h11,14H,6-10H2,1-5H3,(H,19,24). The molecule has 0 aromatic carbocycles. The van der Waals surface area contributed by atoms with Crippen LogP contribution in [0.15, 0.2) is 4.52 Å². The summed E-state index contributed by atoms with van der Waals surface area (Å²) in [6, 6.07) is -0.401. The van der Waals surface area contributed by atoms with Crippen molar-refractivity contribution in [1.82, 2.24) is 20.3 Å². The number of carbonyl (C=O) groups is 2. The zero-order valence-corrected chi connectivity index (χ0v) is 15.8. The van der Waals surface area contributed by atoms with Crippen molar-refractivity contribution in [1.29, 1.82) is 0 Å². The second kappa shape index (κ2) is 6.44. The number of aryl methyl sites for hydroxylation is 2. The average molecular weight is 348 g/mol. The Hall–Kier alpha value is -1.89. The van der Waals surface area contributed by atoms with Crippen molar-refractivity contribution in [2.24, 2.45) is 5.92 Å². The summed E-state index contributed by atoms with van der Waals surface area (Å²) >= 11 is 0. The van der Waals surface area contributed by atoms with Crippen LogP contribution in [0.5, 0.6) is 0 Å². The van der Waals surface area contributed by atoms with Crippen molar-refractivity contribution in [3.05, 3.63) is 17.0 Å². The first-order valence-corrected chi connectivity index (χ1v) is 9.04. The van der Waals surface area contributed by atoms with Gasteiger partial charge in [-0.05, 0) is 54.0 Å². The van der Waals surface area contributed by atoms with E-state index in [1.807, 2.05) is 34.6 Å². The first kappa shape index (κ1) is 17.9. The number of urea groups is 1. The van der Waals surface area contributed by atoms with Crippen LogP contribution in [0.4, 0.5) is 4.79 Å². The smallest absolute Gasteiger partial charge is 0.325 e. The molecule has 3 rings (SSSR count). The Bertz CT molecular complexity index is 664. The second-order valence-electron chi connectivity index (χ2n) is 7.78. The van der Waals surface area contributed by atoms with E-state index >= 15 is 0 Å². The molecule has 2 atom stereocenters. The highest BCUT2D eigenvalue weighted by Gasteiger charge is 2.53. The van der Waals surface area contributed by atoms with Crippen molar-refractivity contribution < 1.29 is 14.1 Å². The molecule has 7 nitrogen and oxygen atoms in total. The molecule has 0 aliphatic carbocycles. The second-order valence-corrected chi connectivity index (χ2v) is 7.78. The molecule has 0 radical (unpaired) electrons. The Morgan fingerprint density at radius 3 is 2.64 bits per heavy atom. The third-order valence-corrected chi connectivity index (χ3v) is 5.65. The highest BCUT2D eigenvalue weighted by atomic mass is 16.5. The lowest BCUT2D eigenvalue weighted by molar-refractivity contribution is -0.134. The van der Waals surface area contributed by atoms with Gasteiger partial charge in [0.05, 0.1) is 5.69 Å². The summed E-state index contributed by atoms with van der Waals surface area (Å²) in [4.78, 5) is 28.9. The van der Waals surface area contributed by atoms with Gasteiger partial charge >= 0.3 is 6.03 Å². The van der Waals surface area contributed by atoms with Gasteiger partial charge in [0.1, 0.15) is 11.3 Å². The SMILES string of the molecule is Cc1noc(C)c1CN1CCCC(C2(C)NC(=O)N(C(C)C)C2=O)C1. The van der Waals surface area contributed by atoms with E-state index in [0.29, 0.717) is 0 Å². The van der Waals surface area contributed by atoms with Crippen molar-refractivity contribution in [2.75, 3.05) is 13.1 Å². The minimum atomic E-state index is -0.821. The number of rotatable bonds is 4. The molecular formula is C18H28N4O3. The van der Waals surface area contributed by atoms with Crippen LogP contribution in [0.25, 0.3) is 0 Å². The van der Waals surface area contributed by atoms with E-state index in [1.165, 1.54) is 4.90 Å². The first-order valence-electron chi connectivity index (χ1n) is 9.04. The molecule has 2 fully saturated rings. The number of hydrogen-bond donors (Lipinski definition) is 1. The van der Waals surface area contributed by atoms with Crippen LogP contribution in [0.1, 0.15) is 50.6 Å². The third kappa shape index (κ3) is 3.05. The Morgan fingerprint density at radius 1 is 1.36 bits per heavy atom. The fourth-order valence-electron chi connectivity index (χ4n) is 4.05. The maximum absolute atomic E-state index is 12.9. The predicted octanol–water partition coefficient (Wildman–Crippen LogP) is 2.22. The predicted molar refractivity (Wildman–Crippen MR) is 92.9 cm³/mol. The van der Waals surface area contributed by atoms with Gasteiger partial charge in [-0.3, -0.25) is 14.6 Å². The molecule has 25 heavy (non-hydrogen) atoms. The van der Waals surface area contributed by atoms with E-state index in [-0.39, 0.29) is 23.9 Å². The molecule has 3 heterocycles. The molecule has 1 aromatic rings. The molecule has 3 amide bonds. The van der Waals surface area contributed by atoms with Gasteiger partial charge in [0, 0.05) is 30.6 Å². The van der Waals surface area contributed by atoms with E-state index in [1.54, 1.807) is 0 Å². The molecule has 0 saturated carbocycles. The van der Waals surface area contributed by atoms with Crippen LogP contribution < -0.4 is 5.32 Å². The number of nitrogens with zero attached hydrogens (tertiary/aromatic N) is 3. The van der Waals surface area contributed by atoms with E-state index < -0.39 is 5.54 Å². The van der Waals surface area contributed by atoms with Gasteiger partial charge in [0.2, 0.25) is 0 Å². The Morgan fingerprint density at radius 2 is 2.08 bits per heavy atom. The number of carbonyl (C=O) groups excluding carboxylic acids is 2. The number of piperidine rings is 1. The maximum Gasteiger partial charge on any atom is 0.325 e. The number of imide groups is 1. The lowest BCUT2D eigenvalue weighted by atomic mass is 9.79. The number of aromatic nitrogens is 1. The molecule has 0 spiro atoms. The molecule has 138 valence electrons. The van der Waals surface area contributed by atoms with Gasteiger partial charge in [-0.1, -0.05) is 5.16 Å². The number of amides is 3. The summed E-state index contributed by atoms with van der Waals surface area (Å²) in [6.07, 6.45) is 1.95. The highest BCUT2D eigenvalue weighted by molar-refractivity contribution is 6.07. The molecule has 2 aliphatic rings. The topological polar surface area (TPSA) is 78.7 Å². The summed E-state index contributed by atoms with van der Waals surface area (Å²) in [7, 11) is 0. The molecule has 2 unspecified atom stereocenters. The summed E-state index contributed by atoms with van der Waals surface area (Å²) < 4.78 is 5.26. The summed E-state index contributed by atoms with van der Waals surface area (Å²) in [5.74, 6) is 0.848. The van der Waals surface area contributed by atoms with Crippen LogP contribution in [-0.4, -0.2) is 51.6 Å². The maximum atomic E-state index is 12.9. The van der Waals surface area contributed by atoms with Gasteiger partial charge < -0.3 is 9.84 Å². The molecule has 1 aromatic heterocycles. The largest absolute Gasteiger partial charge is 0.361 e. The third-order valence-electron chi connectivity index (χ3n) is 5.65. The molecular weight excluding hydrogens is 320 g/mol. The monoisotopic (exact) mass is 348 g/mol. The van der Waals surface area contributed by atoms with Crippen LogP contribution in [0.3, 0.4) is 0 Å². The number of likely N-dealkylation sites (tertiary alicyclic amines) is 1. The fourth-order valence-corrected chi connectivity index (χ4v) is 4.05. The molecule has 2 saturated heterocycles. The molecule has 0 bridgehead atoms. The van der Waals surface area contributed by atoms with Gasteiger partial charge in [0.25, 0.3) is 5.91 Å². The minimum Gasteiger partial charge on any atom is -0.361 e. The zero-order valence-electron chi connectivity index (χ0n) is 15.8. The normalized spacial score (nSPS) is 28.1. The van der Waals surface area contributed by atoms with Gasteiger partial charge in [-0.15, -0.1) is 0 Å².